The Morgan fingerprint density at radius 2 is 2.11 bits per heavy atom. The molecule has 0 bridgehead atoms. The summed E-state index contributed by atoms with van der Waals surface area (Å²) in [4.78, 5) is 10.6. The predicted octanol–water partition coefficient (Wildman–Crippen LogP) is 2.17. The third-order valence-electron chi connectivity index (χ3n) is 3.69. The van der Waals surface area contributed by atoms with Crippen LogP contribution < -0.4 is 10.2 Å². The molecule has 1 saturated carbocycles. The Bertz CT molecular complexity index is 371. The minimum Gasteiger partial charge on any atom is -0.349 e. The van der Waals surface area contributed by atoms with Gasteiger partial charge in [-0.15, -0.1) is 11.3 Å². The van der Waals surface area contributed by atoms with Crippen molar-refractivity contribution in [3.8, 4) is 0 Å². The van der Waals surface area contributed by atoms with Crippen LogP contribution in [0, 0.1) is 0 Å². The van der Waals surface area contributed by atoms with E-state index < -0.39 is 0 Å². The minimum absolute atomic E-state index is 0.861. The summed E-state index contributed by atoms with van der Waals surface area (Å²) in [5, 5.41) is 4.66. The molecule has 1 aliphatic carbocycles. The summed E-state index contributed by atoms with van der Waals surface area (Å²) in [6.45, 7) is 9.56. The summed E-state index contributed by atoms with van der Waals surface area (Å²) in [5.41, 5.74) is 0. The van der Waals surface area contributed by atoms with E-state index in [0.29, 0.717) is 0 Å². The van der Waals surface area contributed by atoms with Crippen molar-refractivity contribution in [3.63, 3.8) is 0 Å². The summed E-state index contributed by atoms with van der Waals surface area (Å²) >= 11 is 1.81. The third-order valence-corrected chi connectivity index (χ3v) is 4.74. The highest BCUT2D eigenvalue weighted by Gasteiger charge is 2.25. The molecule has 0 amide bonds. The SMILES string of the molecule is CCN(CC)c1ncc(CNCCN(C)C2CC2)s1. The predicted molar refractivity (Wildman–Crippen MR) is 83.0 cm³/mol. The lowest BCUT2D eigenvalue weighted by Crippen LogP contribution is -2.30. The quantitative estimate of drug-likeness (QED) is 0.704. The van der Waals surface area contributed by atoms with E-state index in [4.69, 9.17) is 0 Å². The fraction of sp³-hybridized carbons (Fsp3) is 0.786. The van der Waals surface area contributed by atoms with Crippen LogP contribution in [0.3, 0.4) is 0 Å². The molecule has 4 nitrogen and oxygen atoms in total. The van der Waals surface area contributed by atoms with Gasteiger partial charge in [0.25, 0.3) is 0 Å². The number of anilines is 1. The number of rotatable bonds is 9. The molecular formula is C14H26N4S. The average Bonchev–Trinajstić information content (AvgIpc) is 3.17. The van der Waals surface area contributed by atoms with Crippen molar-refractivity contribution in [1.82, 2.24) is 15.2 Å². The molecule has 0 aliphatic heterocycles. The van der Waals surface area contributed by atoms with Crippen LogP contribution in [0.15, 0.2) is 6.20 Å². The van der Waals surface area contributed by atoms with Crippen LogP contribution in [0.2, 0.25) is 0 Å². The molecule has 0 spiro atoms. The molecule has 108 valence electrons. The van der Waals surface area contributed by atoms with E-state index in [1.807, 2.05) is 6.20 Å². The van der Waals surface area contributed by atoms with Crippen LogP contribution in [0.1, 0.15) is 31.6 Å². The second-order valence-electron chi connectivity index (χ2n) is 5.17. The van der Waals surface area contributed by atoms with E-state index in [9.17, 15) is 0 Å². The smallest absolute Gasteiger partial charge is 0.185 e. The second kappa shape index (κ2) is 7.22. The number of hydrogen-bond donors (Lipinski definition) is 1. The summed E-state index contributed by atoms with van der Waals surface area (Å²) < 4.78 is 0. The largest absolute Gasteiger partial charge is 0.349 e. The average molecular weight is 282 g/mol. The standard InChI is InChI=1S/C14H26N4S/c1-4-18(5-2)14-16-11-13(19-14)10-15-8-9-17(3)12-6-7-12/h11-12,15H,4-10H2,1-3H3. The van der Waals surface area contributed by atoms with Gasteiger partial charge < -0.3 is 15.1 Å². The highest BCUT2D eigenvalue weighted by atomic mass is 32.1. The number of aromatic nitrogens is 1. The van der Waals surface area contributed by atoms with Crippen molar-refractivity contribution in [2.75, 3.05) is 38.1 Å². The number of nitrogens with one attached hydrogen (secondary N) is 1. The molecule has 1 fully saturated rings. The molecule has 1 N–H and O–H groups in total. The van der Waals surface area contributed by atoms with Crippen molar-refractivity contribution in [3.05, 3.63) is 11.1 Å². The Morgan fingerprint density at radius 3 is 2.74 bits per heavy atom. The highest BCUT2D eigenvalue weighted by molar-refractivity contribution is 7.15. The molecule has 1 aromatic rings. The van der Waals surface area contributed by atoms with E-state index in [2.05, 4.69) is 41.0 Å². The maximum atomic E-state index is 4.50. The monoisotopic (exact) mass is 282 g/mol. The summed E-state index contributed by atoms with van der Waals surface area (Å²) in [6, 6.07) is 0.861. The van der Waals surface area contributed by atoms with Gasteiger partial charge in [0.1, 0.15) is 0 Å². The fourth-order valence-electron chi connectivity index (χ4n) is 2.18. The maximum absolute atomic E-state index is 4.50. The third kappa shape index (κ3) is 4.44. The molecule has 0 unspecified atom stereocenters. The first-order valence-electron chi connectivity index (χ1n) is 7.35. The molecule has 5 heteroatoms. The Kier molecular flexibility index (Phi) is 5.60. The fourth-order valence-corrected chi connectivity index (χ4v) is 3.19. The van der Waals surface area contributed by atoms with Gasteiger partial charge in [0, 0.05) is 49.8 Å². The zero-order valence-electron chi connectivity index (χ0n) is 12.4. The lowest BCUT2D eigenvalue weighted by atomic mass is 10.4. The Hall–Kier alpha value is -0.650. The van der Waals surface area contributed by atoms with Crippen molar-refractivity contribution in [2.24, 2.45) is 0 Å². The van der Waals surface area contributed by atoms with Crippen LogP contribution in [-0.2, 0) is 6.54 Å². The zero-order chi connectivity index (χ0) is 13.7. The topological polar surface area (TPSA) is 31.4 Å². The van der Waals surface area contributed by atoms with Crippen LogP contribution in [0.5, 0.6) is 0 Å². The first-order valence-corrected chi connectivity index (χ1v) is 8.16. The summed E-state index contributed by atoms with van der Waals surface area (Å²) in [6.07, 6.45) is 4.78. The van der Waals surface area contributed by atoms with Gasteiger partial charge in [0.05, 0.1) is 0 Å². The molecule has 0 aromatic carbocycles. The van der Waals surface area contributed by atoms with E-state index in [1.165, 1.54) is 17.7 Å². The van der Waals surface area contributed by atoms with Crippen molar-refractivity contribution < 1.29 is 0 Å². The Labute approximate surface area is 120 Å². The zero-order valence-corrected chi connectivity index (χ0v) is 13.2. The van der Waals surface area contributed by atoms with Gasteiger partial charge in [0.15, 0.2) is 5.13 Å². The number of likely N-dealkylation sites (N-methyl/N-ethyl adjacent to an activating group) is 1. The first-order chi connectivity index (χ1) is 9.24. The number of nitrogens with zero attached hydrogens (tertiary/aromatic N) is 3. The highest BCUT2D eigenvalue weighted by Crippen LogP contribution is 2.24. The van der Waals surface area contributed by atoms with Gasteiger partial charge in [-0.1, -0.05) is 0 Å². The van der Waals surface area contributed by atoms with Crippen LogP contribution >= 0.6 is 11.3 Å². The molecule has 0 radical (unpaired) electrons. The van der Waals surface area contributed by atoms with Gasteiger partial charge in [-0.3, -0.25) is 0 Å². The molecule has 0 saturated heterocycles. The molecule has 1 aromatic heterocycles. The van der Waals surface area contributed by atoms with E-state index in [0.717, 1.165) is 43.9 Å². The van der Waals surface area contributed by atoms with Gasteiger partial charge in [-0.05, 0) is 33.7 Å². The van der Waals surface area contributed by atoms with Crippen LogP contribution in [0.4, 0.5) is 5.13 Å². The number of thiazole rings is 1. The van der Waals surface area contributed by atoms with Crippen molar-refractivity contribution in [2.45, 2.75) is 39.3 Å². The molecular weight excluding hydrogens is 256 g/mol. The Balaban J connectivity index is 1.67. The van der Waals surface area contributed by atoms with Gasteiger partial charge in [0.2, 0.25) is 0 Å². The molecule has 19 heavy (non-hydrogen) atoms. The maximum Gasteiger partial charge on any atom is 0.185 e. The van der Waals surface area contributed by atoms with E-state index >= 15 is 0 Å². The molecule has 1 heterocycles. The van der Waals surface area contributed by atoms with Gasteiger partial charge >= 0.3 is 0 Å². The van der Waals surface area contributed by atoms with Crippen molar-refractivity contribution >= 4 is 16.5 Å². The first kappa shape index (κ1) is 14.8. The van der Waals surface area contributed by atoms with E-state index in [1.54, 1.807) is 11.3 Å². The van der Waals surface area contributed by atoms with Crippen LogP contribution in [0.25, 0.3) is 0 Å². The van der Waals surface area contributed by atoms with E-state index in [-0.39, 0.29) is 0 Å². The minimum atomic E-state index is 0.861. The summed E-state index contributed by atoms with van der Waals surface area (Å²) in [5.74, 6) is 0. The van der Waals surface area contributed by atoms with Crippen molar-refractivity contribution in [1.29, 1.82) is 0 Å². The van der Waals surface area contributed by atoms with Gasteiger partial charge in [-0.25, -0.2) is 4.98 Å². The second-order valence-corrected chi connectivity index (χ2v) is 6.26. The summed E-state index contributed by atoms with van der Waals surface area (Å²) in [7, 11) is 2.23. The van der Waals surface area contributed by atoms with Gasteiger partial charge in [-0.2, -0.15) is 0 Å². The normalized spacial score (nSPS) is 15.2. The molecule has 2 rings (SSSR count). The lowest BCUT2D eigenvalue weighted by Gasteiger charge is -2.16. The Morgan fingerprint density at radius 1 is 1.37 bits per heavy atom. The molecule has 0 atom stereocenters. The lowest BCUT2D eigenvalue weighted by molar-refractivity contribution is 0.322. The molecule has 1 aliphatic rings. The number of hydrogen-bond acceptors (Lipinski definition) is 5. The van der Waals surface area contributed by atoms with Crippen LogP contribution in [-0.4, -0.2) is 49.2 Å².